The molecule has 18 heavy (non-hydrogen) atoms. The first kappa shape index (κ1) is 14.7. The molecule has 0 bridgehead atoms. The molecule has 1 rings (SSSR count). The van der Waals surface area contributed by atoms with Crippen LogP contribution < -0.4 is 5.32 Å². The van der Waals surface area contributed by atoms with E-state index in [1.54, 1.807) is 19.0 Å². The second-order valence-corrected chi connectivity index (χ2v) is 5.14. The van der Waals surface area contributed by atoms with Gasteiger partial charge in [-0.3, -0.25) is 4.79 Å². The zero-order valence-electron chi connectivity index (χ0n) is 12.1. The first-order valence-electron chi connectivity index (χ1n) is 6.42. The molecular weight excluding hydrogens is 224 g/mol. The highest BCUT2D eigenvalue weighted by Gasteiger charge is 2.08. The summed E-state index contributed by atoms with van der Waals surface area (Å²) in [5, 5.41) is 3.39. The van der Waals surface area contributed by atoms with Crippen molar-refractivity contribution >= 4 is 5.91 Å². The van der Waals surface area contributed by atoms with Gasteiger partial charge in [-0.1, -0.05) is 29.3 Å². The smallest absolute Gasteiger partial charge is 0.223 e. The Morgan fingerprint density at radius 3 is 2.28 bits per heavy atom. The van der Waals surface area contributed by atoms with E-state index in [2.05, 4.69) is 44.3 Å². The molecule has 100 valence electrons. The molecule has 0 aliphatic carbocycles. The van der Waals surface area contributed by atoms with Crippen molar-refractivity contribution in [2.75, 3.05) is 20.6 Å². The van der Waals surface area contributed by atoms with Gasteiger partial charge in [0.1, 0.15) is 0 Å². The summed E-state index contributed by atoms with van der Waals surface area (Å²) in [6.07, 6.45) is 0.544. The lowest BCUT2D eigenvalue weighted by Crippen LogP contribution is -2.28. The Hall–Kier alpha value is -1.35. The standard InChI is InChI=1S/C15H24N2O/c1-11-8-12(2)10-14(9-11)13(3)16-7-6-15(18)17(4)5/h8-10,13,16H,6-7H2,1-5H3. The lowest BCUT2D eigenvalue weighted by atomic mass is 10.0. The average molecular weight is 248 g/mol. The van der Waals surface area contributed by atoms with Gasteiger partial charge in [-0.15, -0.1) is 0 Å². The Morgan fingerprint density at radius 1 is 1.22 bits per heavy atom. The Bertz CT molecular complexity index is 393. The van der Waals surface area contributed by atoms with Crippen LogP contribution in [0.25, 0.3) is 0 Å². The first-order chi connectivity index (χ1) is 8.40. The maximum Gasteiger partial charge on any atom is 0.223 e. The third-order valence-electron chi connectivity index (χ3n) is 3.03. The summed E-state index contributed by atoms with van der Waals surface area (Å²) >= 11 is 0. The van der Waals surface area contributed by atoms with Gasteiger partial charge in [-0.2, -0.15) is 0 Å². The van der Waals surface area contributed by atoms with Crippen molar-refractivity contribution in [3.63, 3.8) is 0 Å². The molecule has 1 aromatic rings. The number of hydrogen-bond donors (Lipinski definition) is 1. The maximum atomic E-state index is 11.5. The molecule has 0 aliphatic rings. The van der Waals surface area contributed by atoms with Crippen molar-refractivity contribution in [2.24, 2.45) is 0 Å². The molecule has 1 N–H and O–H groups in total. The third kappa shape index (κ3) is 4.49. The fraction of sp³-hybridized carbons (Fsp3) is 0.533. The van der Waals surface area contributed by atoms with Crippen molar-refractivity contribution in [3.05, 3.63) is 34.9 Å². The van der Waals surface area contributed by atoms with Gasteiger partial charge in [0.2, 0.25) is 5.91 Å². The van der Waals surface area contributed by atoms with Crippen LogP contribution in [0, 0.1) is 13.8 Å². The van der Waals surface area contributed by atoms with Crippen LogP contribution in [0.5, 0.6) is 0 Å². The van der Waals surface area contributed by atoms with Crippen molar-refractivity contribution in [1.29, 1.82) is 0 Å². The highest BCUT2D eigenvalue weighted by Crippen LogP contribution is 2.16. The van der Waals surface area contributed by atoms with Gasteiger partial charge in [-0.05, 0) is 26.3 Å². The Morgan fingerprint density at radius 2 is 1.78 bits per heavy atom. The molecule has 1 unspecified atom stereocenters. The number of carbonyl (C=O) groups excluding carboxylic acids is 1. The summed E-state index contributed by atoms with van der Waals surface area (Å²) in [4.78, 5) is 13.1. The zero-order valence-corrected chi connectivity index (χ0v) is 12.1. The quantitative estimate of drug-likeness (QED) is 0.868. The van der Waals surface area contributed by atoms with Crippen LogP contribution in [-0.2, 0) is 4.79 Å². The summed E-state index contributed by atoms with van der Waals surface area (Å²) in [5.41, 5.74) is 3.84. The fourth-order valence-corrected chi connectivity index (χ4v) is 2.00. The SMILES string of the molecule is Cc1cc(C)cc(C(C)NCCC(=O)N(C)C)c1. The molecule has 0 fully saturated rings. The molecule has 0 radical (unpaired) electrons. The second-order valence-electron chi connectivity index (χ2n) is 5.14. The molecule has 1 amide bonds. The minimum Gasteiger partial charge on any atom is -0.349 e. The van der Waals surface area contributed by atoms with Crippen molar-refractivity contribution < 1.29 is 4.79 Å². The van der Waals surface area contributed by atoms with Gasteiger partial charge < -0.3 is 10.2 Å². The Kier molecular flexibility index (Phi) is 5.35. The molecule has 3 heteroatoms. The number of benzene rings is 1. The Balaban J connectivity index is 2.50. The van der Waals surface area contributed by atoms with Gasteiger partial charge in [0.05, 0.1) is 0 Å². The molecule has 0 saturated carbocycles. The van der Waals surface area contributed by atoms with Gasteiger partial charge in [0.25, 0.3) is 0 Å². The number of aryl methyl sites for hydroxylation is 2. The topological polar surface area (TPSA) is 32.3 Å². The van der Waals surface area contributed by atoms with E-state index in [4.69, 9.17) is 0 Å². The molecule has 0 aliphatic heterocycles. The van der Waals surface area contributed by atoms with Crippen molar-refractivity contribution in [2.45, 2.75) is 33.2 Å². The van der Waals surface area contributed by atoms with Crippen LogP contribution in [-0.4, -0.2) is 31.4 Å². The monoisotopic (exact) mass is 248 g/mol. The number of rotatable bonds is 5. The molecule has 0 saturated heterocycles. The zero-order chi connectivity index (χ0) is 13.7. The van der Waals surface area contributed by atoms with E-state index in [1.165, 1.54) is 16.7 Å². The van der Waals surface area contributed by atoms with Crippen LogP contribution >= 0.6 is 0 Å². The van der Waals surface area contributed by atoms with E-state index in [1.807, 2.05) is 0 Å². The number of nitrogens with one attached hydrogen (secondary N) is 1. The number of nitrogens with zero attached hydrogens (tertiary/aromatic N) is 1. The summed E-state index contributed by atoms with van der Waals surface area (Å²) in [6.45, 7) is 7.07. The van der Waals surface area contributed by atoms with Gasteiger partial charge >= 0.3 is 0 Å². The van der Waals surface area contributed by atoms with E-state index >= 15 is 0 Å². The van der Waals surface area contributed by atoms with Gasteiger partial charge in [0, 0.05) is 33.1 Å². The third-order valence-corrected chi connectivity index (χ3v) is 3.03. The molecule has 1 atom stereocenters. The lowest BCUT2D eigenvalue weighted by molar-refractivity contribution is -0.128. The summed E-state index contributed by atoms with van der Waals surface area (Å²) in [5.74, 6) is 0.162. The van der Waals surface area contributed by atoms with Crippen LogP contribution in [0.1, 0.15) is 36.1 Å². The number of amides is 1. The fourth-order valence-electron chi connectivity index (χ4n) is 2.00. The number of hydrogen-bond acceptors (Lipinski definition) is 2. The highest BCUT2D eigenvalue weighted by atomic mass is 16.2. The maximum absolute atomic E-state index is 11.5. The second kappa shape index (κ2) is 6.55. The van der Waals surface area contributed by atoms with Crippen LogP contribution in [0.4, 0.5) is 0 Å². The van der Waals surface area contributed by atoms with Crippen LogP contribution in [0.3, 0.4) is 0 Å². The van der Waals surface area contributed by atoms with Crippen LogP contribution in [0.2, 0.25) is 0 Å². The predicted octanol–water partition coefficient (Wildman–Crippen LogP) is 2.43. The largest absolute Gasteiger partial charge is 0.349 e. The first-order valence-corrected chi connectivity index (χ1v) is 6.42. The molecule has 0 spiro atoms. The summed E-state index contributed by atoms with van der Waals surface area (Å²) in [7, 11) is 3.57. The molecule has 0 heterocycles. The summed E-state index contributed by atoms with van der Waals surface area (Å²) < 4.78 is 0. The molecule has 1 aromatic carbocycles. The highest BCUT2D eigenvalue weighted by molar-refractivity contribution is 5.75. The van der Waals surface area contributed by atoms with Crippen LogP contribution in [0.15, 0.2) is 18.2 Å². The number of carbonyl (C=O) groups is 1. The average Bonchev–Trinajstić information content (AvgIpc) is 2.27. The van der Waals surface area contributed by atoms with E-state index in [0.717, 1.165) is 0 Å². The summed E-state index contributed by atoms with van der Waals surface area (Å²) in [6, 6.07) is 6.83. The minimum absolute atomic E-state index is 0.162. The predicted molar refractivity (Wildman–Crippen MR) is 75.6 cm³/mol. The van der Waals surface area contributed by atoms with E-state index < -0.39 is 0 Å². The van der Waals surface area contributed by atoms with Gasteiger partial charge in [0.15, 0.2) is 0 Å². The lowest BCUT2D eigenvalue weighted by Gasteiger charge is -2.16. The van der Waals surface area contributed by atoms with Crippen molar-refractivity contribution in [3.8, 4) is 0 Å². The van der Waals surface area contributed by atoms with Crippen molar-refractivity contribution in [1.82, 2.24) is 10.2 Å². The van der Waals surface area contributed by atoms with E-state index in [9.17, 15) is 4.79 Å². The minimum atomic E-state index is 0.162. The van der Waals surface area contributed by atoms with E-state index in [0.29, 0.717) is 13.0 Å². The molecule has 0 aromatic heterocycles. The van der Waals surface area contributed by atoms with Gasteiger partial charge in [-0.25, -0.2) is 0 Å². The molecule has 3 nitrogen and oxygen atoms in total. The van der Waals surface area contributed by atoms with E-state index in [-0.39, 0.29) is 11.9 Å². The Labute approximate surface area is 110 Å². The molecular formula is C15H24N2O. The normalized spacial score (nSPS) is 12.3.